The molecule has 1 heterocycles. The molecule has 0 saturated carbocycles. The molecule has 0 amide bonds. The van der Waals surface area contributed by atoms with E-state index in [-0.39, 0.29) is 5.76 Å². The Hall–Kier alpha value is -1.44. The van der Waals surface area contributed by atoms with E-state index >= 15 is 0 Å². The number of ether oxygens (including phenoxy) is 1. The van der Waals surface area contributed by atoms with Crippen LogP contribution in [-0.2, 0) is 4.74 Å². The van der Waals surface area contributed by atoms with E-state index in [1.807, 2.05) is 0 Å². The minimum absolute atomic E-state index is 0.0948. The first-order chi connectivity index (χ1) is 6.56. The van der Waals surface area contributed by atoms with Crippen LogP contribution in [0.2, 0.25) is 0 Å². The van der Waals surface area contributed by atoms with Gasteiger partial charge in [0.2, 0.25) is 0 Å². The Labute approximate surface area is 84.9 Å². The van der Waals surface area contributed by atoms with Crippen molar-refractivity contribution >= 4 is 0 Å². The summed E-state index contributed by atoms with van der Waals surface area (Å²) in [6, 6.07) is 0. The summed E-state index contributed by atoms with van der Waals surface area (Å²) in [5, 5.41) is 9.64. The van der Waals surface area contributed by atoms with Crippen molar-refractivity contribution in [1.29, 1.82) is 0 Å². The molecule has 0 aromatic carbocycles. The predicted octanol–water partition coefficient (Wildman–Crippen LogP) is 3.60. The third-order valence-electron chi connectivity index (χ3n) is 1.97. The molecule has 0 aromatic rings. The molecule has 0 spiro atoms. The summed E-state index contributed by atoms with van der Waals surface area (Å²) in [6.45, 7) is 11.4. The highest BCUT2D eigenvalue weighted by atomic mass is 16.5. The second-order valence-corrected chi connectivity index (χ2v) is 3.45. The largest absolute Gasteiger partial charge is 0.504 e. The van der Waals surface area contributed by atoms with Gasteiger partial charge < -0.3 is 9.84 Å². The number of hydrogen-bond donors (Lipinski definition) is 1. The lowest BCUT2D eigenvalue weighted by Crippen LogP contribution is -2.06. The number of aliphatic hydroxyl groups is 1. The molecule has 1 aliphatic rings. The maximum atomic E-state index is 9.64. The topological polar surface area (TPSA) is 29.5 Å². The predicted molar refractivity (Wildman–Crippen MR) is 57.7 cm³/mol. The van der Waals surface area contributed by atoms with Crippen LogP contribution >= 0.6 is 0 Å². The minimum atomic E-state index is 0.0948. The molecular formula is C12H16O2. The van der Waals surface area contributed by atoms with Gasteiger partial charge in [0.05, 0.1) is 0 Å². The van der Waals surface area contributed by atoms with Gasteiger partial charge in [0.1, 0.15) is 5.76 Å². The van der Waals surface area contributed by atoms with Crippen LogP contribution in [0.25, 0.3) is 0 Å². The van der Waals surface area contributed by atoms with Gasteiger partial charge in [-0.15, -0.1) is 0 Å². The lowest BCUT2D eigenvalue weighted by Gasteiger charge is -2.19. The van der Waals surface area contributed by atoms with Crippen molar-refractivity contribution in [1.82, 2.24) is 0 Å². The van der Waals surface area contributed by atoms with Crippen molar-refractivity contribution < 1.29 is 9.84 Å². The van der Waals surface area contributed by atoms with Gasteiger partial charge in [-0.2, -0.15) is 0 Å². The van der Waals surface area contributed by atoms with E-state index in [1.54, 1.807) is 13.0 Å². The lowest BCUT2D eigenvalue weighted by molar-refractivity contribution is 0.258. The van der Waals surface area contributed by atoms with Crippen LogP contribution in [0.4, 0.5) is 0 Å². The molecule has 14 heavy (non-hydrogen) atoms. The molecule has 1 aliphatic heterocycles. The average Bonchev–Trinajstić information content (AvgIpc) is 2.11. The van der Waals surface area contributed by atoms with Crippen molar-refractivity contribution in [2.75, 3.05) is 0 Å². The molecule has 0 fully saturated rings. The highest BCUT2D eigenvalue weighted by Gasteiger charge is 2.18. The molecule has 0 aliphatic carbocycles. The van der Waals surface area contributed by atoms with E-state index in [1.165, 1.54) is 0 Å². The smallest absolute Gasteiger partial charge is 0.171 e. The molecule has 0 bridgehead atoms. The zero-order valence-electron chi connectivity index (χ0n) is 8.76. The Morgan fingerprint density at radius 3 is 2.71 bits per heavy atom. The van der Waals surface area contributed by atoms with Crippen molar-refractivity contribution in [3.05, 3.63) is 47.7 Å². The third-order valence-corrected chi connectivity index (χ3v) is 1.97. The van der Waals surface area contributed by atoms with Crippen LogP contribution in [-0.4, -0.2) is 5.11 Å². The van der Waals surface area contributed by atoms with Gasteiger partial charge in [-0.1, -0.05) is 20.1 Å². The quantitative estimate of drug-likeness (QED) is 0.740. The highest BCUT2D eigenvalue weighted by molar-refractivity contribution is 5.44. The minimum Gasteiger partial charge on any atom is -0.504 e. The van der Waals surface area contributed by atoms with Gasteiger partial charge >= 0.3 is 0 Å². The zero-order chi connectivity index (χ0) is 10.7. The first-order valence-electron chi connectivity index (χ1n) is 4.73. The lowest BCUT2D eigenvalue weighted by atomic mass is 10.1. The molecule has 76 valence electrons. The van der Waals surface area contributed by atoms with Gasteiger partial charge in [0.25, 0.3) is 0 Å². The molecule has 0 saturated heterocycles. The van der Waals surface area contributed by atoms with E-state index in [4.69, 9.17) is 4.74 Å². The fourth-order valence-electron chi connectivity index (χ4n) is 1.28. The summed E-state index contributed by atoms with van der Waals surface area (Å²) in [4.78, 5) is 0. The second kappa shape index (κ2) is 4.18. The Morgan fingerprint density at radius 1 is 1.57 bits per heavy atom. The SMILES string of the molecule is C=C(C)C1=C(O)C(=C)C=C(CCC)O1. The van der Waals surface area contributed by atoms with Crippen LogP contribution in [0, 0.1) is 0 Å². The van der Waals surface area contributed by atoms with E-state index < -0.39 is 0 Å². The summed E-state index contributed by atoms with van der Waals surface area (Å²) < 4.78 is 5.50. The summed E-state index contributed by atoms with van der Waals surface area (Å²) in [6.07, 6.45) is 3.62. The summed E-state index contributed by atoms with van der Waals surface area (Å²) in [5.74, 6) is 1.38. The van der Waals surface area contributed by atoms with Crippen molar-refractivity contribution in [3.63, 3.8) is 0 Å². The van der Waals surface area contributed by atoms with Gasteiger partial charge in [0.15, 0.2) is 11.5 Å². The molecule has 0 unspecified atom stereocenters. The fraction of sp³-hybridized carbons (Fsp3) is 0.333. The molecule has 0 aromatic heterocycles. The van der Waals surface area contributed by atoms with Gasteiger partial charge in [-0.25, -0.2) is 0 Å². The van der Waals surface area contributed by atoms with Crippen LogP contribution in [0.15, 0.2) is 47.7 Å². The molecular weight excluding hydrogens is 176 g/mol. The first kappa shape index (κ1) is 10.6. The van der Waals surface area contributed by atoms with E-state index in [9.17, 15) is 5.11 Å². The zero-order valence-corrected chi connectivity index (χ0v) is 8.76. The molecule has 0 atom stereocenters. The molecule has 1 N–H and O–H groups in total. The fourth-order valence-corrected chi connectivity index (χ4v) is 1.28. The Bertz CT molecular complexity index is 332. The Balaban J connectivity index is 2.93. The van der Waals surface area contributed by atoms with Gasteiger partial charge in [-0.3, -0.25) is 0 Å². The number of hydrogen-bond acceptors (Lipinski definition) is 2. The van der Waals surface area contributed by atoms with E-state index in [0.717, 1.165) is 18.6 Å². The van der Waals surface area contributed by atoms with Gasteiger partial charge in [-0.05, 0) is 25.0 Å². The standard InChI is InChI=1S/C12H16O2/c1-5-6-10-7-9(4)11(13)12(14-10)8(2)3/h7,13H,2,4-6H2,1,3H3. The maximum absolute atomic E-state index is 9.64. The van der Waals surface area contributed by atoms with Crippen LogP contribution < -0.4 is 0 Å². The number of rotatable bonds is 3. The monoisotopic (exact) mass is 192 g/mol. The van der Waals surface area contributed by atoms with Crippen molar-refractivity contribution in [2.24, 2.45) is 0 Å². The normalized spacial score (nSPS) is 16.4. The highest BCUT2D eigenvalue weighted by Crippen LogP contribution is 2.29. The average molecular weight is 192 g/mol. The summed E-state index contributed by atoms with van der Waals surface area (Å²) >= 11 is 0. The third kappa shape index (κ3) is 2.08. The van der Waals surface area contributed by atoms with Crippen molar-refractivity contribution in [2.45, 2.75) is 26.7 Å². The maximum Gasteiger partial charge on any atom is 0.171 e. The molecule has 0 radical (unpaired) electrons. The first-order valence-corrected chi connectivity index (χ1v) is 4.73. The van der Waals surface area contributed by atoms with E-state index in [2.05, 4.69) is 20.1 Å². The Morgan fingerprint density at radius 2 is 2.21 bits per heavy atom. The summed E-state index contributed by atoms with van der Waals surface area (Å²) in [5.41, 5.74) is 1.31. The summed E-state index contributed by atoms with van der Waals surface area (Å²) in [7, 11) is 0. The van der Waals surface area contributed by atoms with Crippen LogP contribution in [0.3, 0.4) is 0 Å². The molecule has 2 heteroatoms. The molecule has 1 rings (SSSR count). The Kier molecular flexibility index (Phi) is 3.18. The number of allylic oxidation sites excluding steroid dienone is 3. The van der Waals surface area contributed by atoms with Crippen LogP contribution in [0.5, 0.6) is 0 Å². The van der Waals surface area contributed by atoms with Crippen molar-refractivity contribution in [3.8, 4) is 0 Å². The number of aliphatic hydroxyl groups excluding tert-OH is 1. The van der Waals surface area contributed by atoms with E-state index in [0.29, 0.717) is 16.9 Å². The second-order valence-electron chi connectivity index (χ2n) is 3.45. The molecule has 2 nitrogen and oxygen atoms in total. The van der Waals surface area contributed by atoms with Gasteiger partial charge in [0, 0.05) is 12.0 Å². The van der Waals surface area contributed by atoms with Crippen LogP contribution in [0.1, 0.15) is 26.7 Å².